The van der Waals surface area contributed by atoms with Crippen molar-refractivity contribution >= 4 is 38.1 Å². The molecule has 0 amide bonds. The monoisotopic (exact) mass is 445 g/mol. The third-order valence-electron chi connectivity index (χ3n) is 5.46. The van der Waals surface area contributed by atoms with Crippen molar-refractivity contribution in [1.82, 2.24) is 23.5 Å². The number of hydrogen-bond acceptors (Lipinski definition) is 5. The van der Waals surface area contributed by atoms with Crippen LogP contribution in [0.25, 0.3) is 16.7 Å². The van der Waals surface area contributed by atoms with Crippen LogP contribution in [0.2, 0.25) is 5.02 Å². The second-order valence-corrected chi connectivity index (χ2v) is 10.5. The van der Waals surface area contributed by atoms with Crippen molar-refractivity contribution in [2.24, 2.45) is 0 Å². The molecule has 0 bridgehead atoms. The van der Waals surface area contributed by atoms with Gasteiger partial charge >= 0.3 is 5.69 Å². The molecule has 1 aliphatic rings. The minimum Gasteiger partial charge on any atom is -0.304 e. The number of halogens is 1. The predicted molar refractivity (Wildman–Crippen MR) is 115 cm³/mol. The SMILES string of the molecule is CS(=O)(=O)CCc1c(Cn2c(=O)n(C3CC3)c3ccncc32)nc2cc(Cl)ccn12. The van der Waals surface area contributed by atoms with Crippen molar-refractivity contribution in [3.63, 3.8) is 0 Å². The number of hydrogen-bond donors (Lipinski definition) is 0. The van der Waals surface area contributed by atoms with Crippen LogP contribution in [-0.4, -0.2) is 43.9 Å². The van der Waals surface area contributed by atoms with Crippen molar-refractivity contribution < 1.29 is 8.42 Å². The third-order valence-corrected chi connectivity index (χ3v) is 6.65. The highest BCUT2D eigenvalue weighted by molar-refractivity contribution is 7.90. The first kappa shape index (κ1) is 19.3. The van der Waals surface area contributed by atoms with E-state index in [4.69, 9.17) is 11.6 Å². The van der Waals surface area contributed by atoms with E-state index in [1.165, 1.54) is 6.26 Å². The molecule has 1 aliphatic carbocycles. The van der Waals surface area contributed by atoms with E-state index in [9.17, 15) is 13.2 Å². The van der Waals surface area contributed by atoms with Crippen molar-refractivity contribution in [3.05, 3.63) is 63.7 Å². The molecule has 0 aromatic carbocycles. The zero-order valence-electron chi connectivity index (χ0n) is 16.3. The van der Waals surface area contributed by atoms with E-state index in [0.29, 0.717) is 22.8 Å². The Morgan fingerprint density at radius 2 is 2.03 bits per heavy atom. The van der Waals surface area contributed by atoms with Crippen LogP contribution in [0, 0.1) is 0 Å². The Labute approximate surface area is 177 Å². The van der Waals surface area contributed by atoms with Gasteiger partial charge in [-0.2, -0.15) is 0 Å². The summed E-state index contributed by atoms with van der Waals surface area (Å²) in [6.45, 7) is 0.235. The maximum Gasteiger partial charge on any atom is 0.329 e. The molecule has 0 saturated heterocycles. The van der Waals surface area contributed by atoms with Crippen molar-refractivity contribution in [3.8, 4) is 0 Å². The Bertz CT molecular complexity index is 1450. The minimum absolute atomic E-state index is 0.00327. The Morgan fingerprint density at radius 3 is 2.77 bits per heavy atom. The highest BCUT2D eigenvalue weighted by Gasteiger charge is 2.29. The highest BCUT2D eigenvalue weighted by Crippen LogP contribution is 2.36. The Morgan fingerprint density at radius 1 is 1.23 bits per heavy atom. The van der Waals surface area contributed by atoms with Gasteiger partial charge < -0.3 is 4.40 Å². The number of fused-ring (bicyclic) bond motifs is 2. The first-order valence-corrected chi connectivity index (χ1v) is 12.1. The molecule has 4 aromatic rings. The fourth-order valence-corrected chi connectivity index (χ4v) is 4.63. The van der Waals surface area contributed by atoms with Gasteiger partial charge in [0.25, 0.3) is 0 Å². The van der Waals surface area contributed by atoms with Crippen LogP contribution in [0.3, 0.4) is 0 Å². The van der Waals surface area contributed by atoms with E-state index in [-0.39, 0.29) is 24.0 Å². The van der Waals surface area contributed by atoms with E-state index in [2.05, 4.69) is 9.97 Å². The topological polar surface area (TPSA) is 91.3 Å². The quantitative estimate of drug-likeness (QED) is 0.454. The van der Waals surface area contributed by atoms with Crippen LogP contribution in [0.4, 0.5) is 0 Å². The maximum atomic E-state index is 13.2. The number of sulfone groups is 1. The van der Waals surface area contributed by atoms with Gasteiger partial charge in [0.15, 0.2) is 0 Å². The van der Waals surface area contributed by atoms with Gasteiger partial charge in [-0.25, -0.2) is 18.2 Å². The number of rotatable bonds is 6. The second kappa shape index (κ2) is 6.95. The number of nitrogens with zero attached hydrogens (tertiary/aromatic N) is 5. The molecule has 5 rings (SSSR count). The Balaban J connectivity index is 1.65. The summed E-state index contributed by atoms with van der Waals surface area (Å²) in [6, 6.07) is 5.55. The summed E-state index contributed by atoms with van der Waals surface area (Å²) in [7, 11) is -3.16. The Kier molecular flexibility index (Phi) is 4.48. The average molecular weight is 446 g/mol. The van der Waals surface area contributed by atoms with E-state index in [0.717, 1.165) is 29.6 Å². The van der Waals surface area contributed by atoms with E-state index >= 15 is 0 Å². The molecule has 156 valence electrons. The highest BCUT2D eigenvalue weighted by atomic mass is 35.5. The zero-order chi connectivity index (χ0) is 21.0. The largest absolute Gasteiger partial charge is 0.329 e. The van der Waals surface area contributed by atoms with Gasteiger partial charge in [0, 0.05) is 47.9 Å². The first-order chi connectivity index (χ1) is 14.3. The van der Waals surface area contributed by atoms with Crippen molar-refractivity contribution in [2.75, 3.05) is 12.0 Å². The molecular formula is C20H20ClN5O3S. The van der Waals surface area contributed by atoms with Gasteiger partial charge in [0.05, 0.1) is 35.2 Å². The van der Waals surface area contributed by atoms with Crippen molar-refractivity contribution in [2.45, 2.75) is 31.8 Å². The molecular weight excluding hydrogens is 426 g/mol. The van der Waals surface area contributed by atoms with Crippen molar-refractivity contribution in [1.29, 1.82) is 0 Å². The van der Waals surface area contributed by atoms with E-state index in [1.807, 2.05) is 15.0 Å². The summed E-state index contributed by atoms with van der Waals surface area (Å²) >= 11 is 6.12. The molecule has 0 atom stereocenters. The van der Waals surface area contributed by atoms with Gasteiger partial charge in [-0.05, 0) is 25.0 Å². The second-order valence-electron chi connectivity index (χ2n) is 7.79. The first-order valence-electron chi connectivity index (χ1n) is 9.69. The molecule has 4 heterocycles. The van der Waals surface area contributed by atoms with Gasteiger partial charge in [-0.1, -0.05) is 11.6 Å². The average Bonchev–Trinajstić information content (AvgIpc) is 3.40. The minimum atomic E-state index is -3.16. The molecule has 30 heavy (non-hydrogen) atoms. The fourth-order valence-electron chi connectivity index (χ4n) is 3.91. The molecule has 4 aromatic heterocycles. The summed E-state index contributed by atoms with van der Waals surface area (Å²) in [5, 5.41) is 0.542. The molecule has 8 nitrogen and oxygen atoms in total. The summed E-state index contributed by atoms with van der Waals surface area (Å²) in [5.41, 5.74) is 3.56. The summed E-state index contributed by atoms with van der Waals surface area (Å²) in [5.74, 6) is -0.00327. The van der Waals surface area contributed by atoms with Gasteiger partial charge in [0.2, 0.25) is 0 Å². The number of aryl methyl sites for hydroxylation is 1. The third kappa shape index (κ3) is 3.41. The lowest BCUT2D eigenvalue weighted by Gasteiger charge is -2.06. The van der Waals surface area contributed by atoms with Gasteiger partial charge in [-0.3, -0.25) is 14.1 Å². The van der Waals surface area contributed by atoms with Crippen LogP contribution in [0.5, 0.6) is 0 Å². The number of pyridine rings is 2. The summed E-state index contributed by atoms with van der Waals surface area (Å²) in [4.78, 5) is 22.1. The van der Waals surface area contributed by atoms with Crippen LogP contribution in [0.1, 0.15) is 30.3 Å². The summed E-state index contributed by atoms with van der Waals surface area (Å²) < 4.78 is 28.9. The van der Waals surface area contributed by atoms with E-state index < -0.39 is 9.84 Å². The fraction of sp³-hybridized carbons (Fsp3) is 0.350. The zero-order valence-corrected chi connectivity index (χ0v) is 17.9. The molecule has 1 fully saturated rings. The van der Waals surface area contributed by atoms with Gasteiger partial charge in [-0.15, -0.1) is 0 Å². The molecule has 0 spiro atoms. The molecule has 0 aliphatic heterocycles. The van der Waals surface area contributed by atoms with Crippen LogP contribution < -0.4 is 5.69 Å². The standard InChI is InChI=1S/C20H20ClN5O3S/c1-30(28,29)9-6-16-15(23-19-10-13(21)5-8-24(16)19)12-25-18-11-22-7-4-17(18)26(20(25)27)14-2-3-14/h4-5,7-8,10-11,14H,2-3,6,9,12H2,1H3. The normalized spacial score (nSPS) is 14.7. The van der Waals surface area contributed by atoms with Gasteiger partial charge in [0.1, 0.15) is 15.5 Å². The molecule has 0 unspecified atom stereocenters. The van der Waals surface area contributed by atoms with Crippen LogP contribution >= 0.6 is 11.6 Å². The van der Waals surface area contributed by atoms with E-state index in [1.54, 1.807) is 35.3 Å². The van der Waals surface area contributed by atoms with Crippen LogP contribution in [-0.2, 0) is 22.8 Å². The van der Waals surface area contributed by atoms with Crippen LogP contribution in [0.15, 0.2) is 41.6 Å². The number of aromatic nitrogens is 5. The number of imidazole rings is 2. The lowest BCUT2D eigenvalue weighted by molar-refractivity contribution is 0.600. The molecule has 0 N–H and O–H groups in total. The smallest absolute Gasteiger partial charge is 0.304 e. The molecule has 10 heteroatoms. The predicted octanol–water partition coefficient (Wildman–Crippen LogP) is 2.47. The molecule has 1 saturated carbocycles. The lowest BCUT2D eigenvalue weighted by Crippen LogP contribution is -2.24. The maximum absolute atomic E-state index is 13.2. The molecule has 0 radical (unpaired) electrons. The lowest BCUT2D eigenvalue weighted by atomic mass is 10.2. The Hall–Kier alpha value is -2.65. The summed E-state index contributed by atoms with van der Waals surface area (Å²) in [6.07, 6.45) is 8.66.